The van der Waals surface area contributed by atoms with Crippen molar-refractivity contribution in [2.24, 2.45) is 4.99 Å². The molecule has 1 unspecified atom stereocenters. The van der Waals surface area contributed by atoms with Gasteiger partial charge in [-0.05, 0) is 49.7 Å². The number of hydrogen-bond acceptors (Lipinski definition) is 4. The highest BCUT2D eigenvalue weighted by molar-refractivity contribution is 6.30. The van der Waals surface area contributed by atoms with E-state index < -0.39 is 5.72 Å². The van der Waals surface area contributed by atoms with Gasteiger partial charge in [-0.15, -0.1) is 0 Å². The van der Waals surface area contributed by atoms with Gasteiger partial charge in [-0.3, -0.25) is 9.98 Å². The van der Waals surface area contributed by atoms with Crippen molar-refractivity contribution in [3.8, 4) is 5.75 Å². The summed E-state index contributed by atoms with van der Waals surface area (Å²) in [5.74, 6) is 0.797. The Morgan fingerprint density at radius 2 is 1.96 bits per heavy atom. The summed E-state index contributed by atoms with van der Waals surface area (Å²) in [5, 5.41) is 2.79. The first-order chi connectivity index (χ1) is 12.4. The van der Waals surface area contributed by atoms with Crippen LogP contribution in [0.25, 0.3) is 10.8 Å². The van der Waals surface area contributed by atoms with Gasteiger partial charge in [0.25, 0.3) is 0 Å². The van der Waals surface area contributed by atoms with Gasteiger partial charge in [0, 0.05) is 40.9 Å². The molecule has 4 nitrogen and oxygen atoms in total. The fourth-order valence-corrected chi connectivity index (χ4v) is 4.39. The number of likely N-dealkylation sites (N-methyl/N-ethyl adjacent to an activating group) is 1. The maximum Gasteiger partial charge on any atom is 0.228 e. The van der Waals surface area contributed by atoms with Crippen LogP contribution in [0.1, 0.15) is 19.4 Å². The van der Waals surface area contributed by atoms with E-state index >= 15 is 0 Å². The van der Waals surface area contributed by atoms with Crippen molar-refractivity contribution >= 4 is 40.0 Å². The predicted molar refractivity (Wildman–Crippen MR) is 106 cm³/mol. The maximum atomic E-state index is 6.75. The Bertz CT molecular complexity index is 1090. The number of benzene rings is 2. The van der Waals surface area contributed by atoms with Crippen molar-refractivity contribution < 1.29 is 4.74 Å². The molecular weight excluding hydrogens is 346 g/mol. The predicted octanol–water partition coefficient (Wildman–Crippen LogP) is 5.11. The van der Waals surface area contributed by atoms with Crippen molar-refractivity contribution in [3.63, 3.8) is 0 Å². The van der Waals surface area contributed by atoms with Gasteiger partial charge in [-0.25, -0.2) is 0 Å². The summed E-state index contributed by atoms with van der Waals surface area (Å²) in [4.78, 5) is 11.2. The second kappa shape index (κ2) is 4.98. The molecule has 26 heavy (non-hydrogen) atoms. The SMILES string of the molecule is CN1c2ccc(Cl)cc2C(C)(C)C12C=Nc1ccc3cnccc3c1O2. The molecule has 0 saturated carbocycles. The minimum atomic E-state index is -0.718. The zero-order chi connectivity index (χ0) is 18.1. The third-order valence-corrected chi connectivity index (χ3v) is 6.01. The Morgan fingerprint density at radius 3 is 2.81 bits per heavy atom. The number of anilines is 1. The molecule has 3 heterocycles. The average molecular weight is 364 g/mol. The van der Waals surface area contributed by atoms with E-state index in [9.17, 15) is 0 Å². The number of hydrogen-bond donors (Lipinski definition) is 0. The molecule has 5 heteroatoms. The van der Waals surface area contributed by atoms with E-state index in [0.29, 0.717) is 0 Å². The third kappa shape index (κ3) is 1.80. The topological polar surface area (TPSA) is 37.7 Å². The van der Waals surface area contributed by atoms with E-state index in [1.54, 1.807) is 6.20 Å². The molecule has 1 atom stereocenters. The zero-order valence-corrected chi connectivity index (χ0v) is 15.6. The van der Waals surface area contributed by atoms with Crippen molar-refractivity contribution in [1.82, 2.24) is 4.98 Å². The first-order valence-electron chi connectivity index (χ1n) is 8.59. The van der Waals surface area contributed by atoms with Crippen LogP contribution >= 0.6 is 11.6 Å². The van der Waals surface area contributed by atoms with Crippen LogP contribution in [-0.4, -0.2) is 24.0 Å². The lowest BCUT2D eigenvalue weighted by atomic mass is 9.77. The van der Waals surface area contributed by atoms with Gasteiger partial charge in [0.15, 0.2) is 5.75 Å². The molecule has 1 spiro atoms. The van der Waals surface area contributed by atoms with E-state index in [2.05, 4.69) is 23.7 Å². The highest BCUT2D eigenvalue weighted by Crippen LogP contribution is 2.54. The van der Waals surface area contributed by atoms with Crippen LogP contribution in [0.15, 0.2) is 53.8 Å². The molecule has 0 saturated heterocycles. The van der Waals surface area contributed by atoms with E-state index in [1.807, 2.05) is 55.9 Å². The largest absolute Gasteiger partial charge is 0.459 e. The zero-order valence-electron chi connectivity index (χ0n) is 14.8. The molecule has 0 N–H and O–H groups in total. The minimum Gasteiger partial charge on any atom is -0.459 e. The lowest BCUT2D eigenvalue weighted by molar-refractivity contribution is 0.0842. The second-order valence-corrected chi connectivity index (χ2v) is 7.85. The van der Waals surface area contributed by atoms with Gasteiger partial charge in [0.05, 0.1) is 11.6 Å². The summed E-state index contributed by atoms with van der Waals surface area (Å²) in [7, 11) is 2.05. The number of fused-ring (bicyclic) bond motifs is 4. The van der Waals surface area contributed by atoms with Crippen LogP contribution < -0.4 is 9.64 Å². The lowest BCUT2D eigenvalue weighted by Gasteiger charge is -2.45. The van der Waals surface area contributed by atoms with E-state index in [0.717, 1.165) is 38.5 Å². The Hall–Kier alpha value is -2.59. The molecule has 3 aromatic rings. The number of aromatic nitrogens is 1. The molecule has 0 radical (unpaired) electrons. The smallest absolute Gasteiger partial charge is 0.228 e. The molecule has 2 aliphatic heterocycles. The van der Waals surface area contributed by atoms with E-state index in [1.165, 1.54) is 0 Å². The van der Waals surface area contributed by atoms with E-state index in [4.69, 9.17) is 21.3 Å². The average Bonchev–Trinajstić information content (AvgIpc) is 2.80. The van der Waals surface area contributed by atoms with Crippen LogP contribution in [0.2, 0.25) is 5.02 Å². The lowest BCUT2D eigenvalue weighted by Crippen LogP contribution is -2.61. The van der Waals surface area contributed by atoms with Crippen molar-refractivity contribution in [3.05, 3.63) is 59.4 Å². The molecule has 0 aliphatic carbocycles. The Labute approximate surface area is 157 Å². The first kappa shape index (κ1) is 15.6. The minimum absolute atomic E-state index is 0.335. The summed E-state index contributed by atoms with van der Waals surface area (Å²) in [6.45, 7) is 4.35. The normalized spacial score (nSPS) is 22.4. The summed E-state index contributed by atoms with van der Waals surface area (Å²) in [5.41, 5.74) is 2.05. The number of rotatable bonds is 0. The maximum absolute atomic E-state index is 6.75. The first-order valence-corrected chi connectivity index (χ1v) is 8.97. The van der Waals surface area contributed by atoms with Crippen molar-refractivity contribution in [2.75, 3.05) is 11.9 Å². The number of ether oxygens (including phenoxy) is 1. The number of nitrogens with zero attached hydrogens (tertiary/aromatic N) is 3. The number of pyridine rings is 1. The molecule has 0 amide bonds. The monoisotopic (exact) mass is 363 g/mol. The summed E-state index contributed by atoms with van der Waals surface area (Å²) in [6, 6.07) is 12.0. The van der Waals surface area contributed by atoms with Gasteiger partial charge in [-0.2, -0.15) is 0 Å². The summed E-state index contributed by atoms with van der Waals surface area (Å²) in [6.07, 6.45) is 5.56. The Balaban J connectivity index is 1.74. The molecule has 0 fully saturated rings. The van der Waals surface area contributed by atoms with Crippen LogP contribution in [-0.2, 0) is 5.41 Å². The number of halogens is 1. The van der Waals surface area contributed by atoms with Crippen LogP contribution in [0.5, 0.6) is 5.75 Å². The van der Waals surface area contributed by atoms with Gasteiger partial charge >= 0.3 is 0 Å². The standard InChI is InChI=1S/C21H18ClN3O/c1-20(2)16-10-14(22)5-7-18(16)25(3)21(20)12-24-17-6-4-13-11-23-9-8-15(13)19(17)26-21/h4-12H,1-3H3. The van der Waals surface area contributed by atoms with Gasteiger partial charge in [-0.1, -0.05) is 17.7 Å². The van der Waals surface area contributed by atoms with Crippen LogP contribution in [0.4, 0.5) is 11.4 Å². The number of aliphatic imine (C=N–C) groups is 1. The van der Waals surface area contributed by atoms with E-state index in [-0.39, 0.29) is 5.41 Å². The molecule has 2 aromatic carbocycles. The fourth-order valence-electron chi connectivity index (χ4n) is 4.21. The quantitative estimate of drug-likeness (QED) is 0.557. The van der Waals surface area contributed by atoms with Gasteiger partial charge < -0.3 is 9.64 Å². The summed E-state index contributed by atoms with van der Waals surface area (Å²) < 4.78 is 6.75. The highest BCUT2D eigenvalue weighted by Gasteiger charge is 2.58. The third-order valence-electron chi connectivity index (χ3n) is 5.77. The van der Waals surface area contributed by atoms with Gasteiger partial charge in [0.1, 0.15) is 5.69 Å². The fraction of sp³-hybridized carbons (Fsp3) is 0.238. The van der Waals surface area contributed by atoms with Crippen LogP contribution in [0, 0.1) is 0 Å². The highest BCUT2D eigenvalue weighted by atomic mass is 35.5. The van der Waals surface area contributed by atoms with Crippen LogP contribution in [0.3, 0.4) is 0 Å². The molecule has 0 bridgehead atoms. The Morgan fingerprint density at radius 1 is 1.12 bits per heavy atom. The van der Waals surface area contributed by atoms with Crippen molar-refractivity contribution in [2.45, 2.75) is 25.0 Å². The molecule has 2 aliphatic rings. The molecular formula is C21H18ClN3O. The Kier molecular flexibility index (Phi) is 3.00. The molecule has 1 aromatic heterocycles. The van der Waals surface area contributed by atoms with Crippen molar-refractivity contribution in [1.29, 1.82) is 0 Å². The van der Waals surface area contributed by atoms with Gasteiger partial charge in [0.2, 0.25) is 5.72 Å². The second-order valence-electron chi connectivity index (χ2n) is 7.41. The molecule has 130 valence electrons. The summed E-state index contributed by atoms with van der Waals surface area (Å²) >= 11 is 6.28. The molecule has 5 rings (SSSR count).